The topological polar surface area (TPSA) is 96.0 Å². The van der Waals surface area contributed by atoms with E-state index in [-0.39, 0.29) is 11.9 Å². The zero-order chi connectivity index (χ0) is 18.1. The van der Waals surface area contributed by atoms with Crippen LogP contribution in [0.1, 0.15) is 34.8 Å². The summed E-state index contributed by atoms with van der Waals surface area (Å²) in [6.07, 6.45) is 4.20. The lowest BCUT2D eigenvalue weighted by atomic mass is 10.1. The highest BCUT2D eigenvalue weighted by molar-refractivity contribution is 6.00. The van der Waals surface area contributed by atoms with Crippen LogP contribution >= 0.6 is 0 Å². The van der Waals surface area contributed by atoms with Crippen molar-refractivity contribution in [2.45, 2.75) is 39.0 Å². The van der Waals surface area contributed by atoms with E-state index in [1.54, 1.807) is 12.1 Å². The maximum absolute atomic E-state index is 12.1. The highest BCUT2D eigenvalue weighted by Gasteiger charge is 2.18. The van der Waals surface area contributed by atoms with E-state index in [4.69, 9.17) is 0 Å². The summed E-state index contributed by atoms with van der Waals surface area (Å²) in [5.74, 6) is 0.761. The summed E-state index contributed by atoms with van der Waals surface area (Å²) in [7, 11) is 0. The monoisotopic (exact) mass is 351 g/mol. The van der Waals surface area contributed by atoms with Crippen molar-refractivity contribution in [3.8, 4) is 0 Å². The van der Waals surface area contributed by atoms with Crippen molar-refractivity contribution in [3.63, 3.8) is 0 Å². The maximum atomic E-state index is 12.1. The van der Waals surface area contributed by atoms with E-state index in [1.807, 2.05) is 13.0 Å². The van der Waals surface area contributed by atoms with E-state index >= 15 is 0 Å². The van der Waals surface area contributed by atoms with Crippen molar-refractivity contribution < 1.29 is 9.59 Å². The Bertz CT molecular complexity index is 894. The fourth-order valence-electron chi connectivity index (χ4n) is 3.56. The molecule has 0 saturated heterocycles. The molecule has 7 nitrogen and oxygen atoms in total. The first-order valence-corrected chi connectivity index (χ1v) is 8.91. The van der Waals surface area contributed by atoms with Gasteiger partial charge >= 0.3 is 6.03 Å². The van der Waals surface area contributed by atoms with Gasteiger partial charge in [-0.15, -0.1) is 0 Å². The van der Waals surface area contributed by atoms with Crippen molar-refractivity contribution in [2.24, 2.45) is 0 Å². The van der Waals surface area contributed by atoms with E-state index in [1.165, 1.54) is 11.3 Å². The zero-order valence-electron chi connectivity index (χ0n) is 14.7. The van der Waals surface area contributed by atoms with E-state index < -0.39 is 0 Å². The quantitative estimate of drug-likeness (QED) is 0.786. The van der Waals surface area contributed by atoms with Crippen LogP contribution in [0.25, 0.3) is 0 Å². The van der Waals surface area contributed by atoms with Gasteiger partial charge in [0, 0.05) is 35.7 Å². The summed E-state index contributed by atoms with van der Waals surface area (Å²) < 4.78 is 0. The lowest BCUT2D eigenvalue weighted by molar-refractivity contribution is -0.115. The molecule has 0 spiro atoms. The summed E-state index contributed by atoms with van der Waals surface area (Å²) >= 11 is 0. The standard InChI is InChI=1S/C19H21N5O2/c1-11-14-3-2-4-16(14)23-17(21-11)7-8-20-19(26)22-13-5-6-15-12(9-13)10-18(25)24-15/h5-6,9H,2-4,7-8,10H2,1H3,(H,24,25)(H2,20,22,26). The molecule has 0 bridgehead atoms. The second-order valence-electron chi connectivity index (χ2n) is 6.73. The number of nitrogens with one attached hydrogen (secondary N) is 3. The number of aryl methyl sites for hydroxylation is 2. The number of amides is 3. The Kier molecular flexibility index (Phi) is 4.28. The van der Waals surface area contributed by atoms with Crippen LogP contribution in [0.3, 0.4) is 0 Å². The van der Waals surface area contributed by atoms with Crippen molar-refractivity contribution in [2.75, 3.05) is 17.2 Å². The van der Waals surface area contributed by atoms with Crippen molar-refractivity contribution >= 4 is 23.3 Å². The molecular weight excluding hydrogens is 330 g/mol. The molecule has 0 unspecified atom stereocenters. The highest BCUT2D eigenvalue weighted by Crippen LogP contribution is 2.26. The number of rotatable bonds is 4. The molecule has 1 aromatic heterocycles. The van der Waals surface area contributed by atoms with Gasteiger partial charge in [0.05, 0.1) is 6.42 Å². The van der Waals surface area contributed by atoms with Gasteiger partial charge in [0.15, 0.2) is 0 Å². The van der Waals surface area contributed by atoms with E-state index in [2.05, 4.69) is 25.9 Å². The maximum Gasteiger partial charge on any atom is 0.319 e. The molecule has 4 rings (SSSR count). The number of carbonyl (C=O) groups excluding carboxylic acids is 2. The molecule has 134 valence electrons. The molecular formula is C19H21N5O2. The third-order valence-electron chi connectivity index (χ3n) is 4.81. The molecule has 1 aromatic carbocycles. The molecule has 1 aliphatic carbocycles. The molecule has 3 amide bonds. The number of anilines is 2. The van der Waals surface area contributed by atoms with Crippen LogP contribution in [0.4, 0.5) is 16.2 Å². The Morgan fingerprint density at radius 3 is 3.04 bits per heavy atom. The number of urea groups is 1. The van der Waals surface area contributed by atoms with Gasteiger partial charge in [-0.1, -0.05) is 0 Å². The van der Waals surface area contributed by atoms with Crippen molar-refractivity contribution in [1.29, 1.82) is 0 Å². The Morgan fingerprint density at radius 2 is 2.15 bits per heavy atom. The predicted octanol–water partition coefficient (Wildman–Crippen LogP) is 2.13. The third-order valence-corrected chi connectivity index (χ3v) is 4.81. The summed E-state index contributed by atoms with van der Waals surface area (Å²) in [4.78, 5) is 32.6. The largest absolute Gasteiger partial charge is 0.337 e. The predicted molar refractivity (Wildman–Crippen MR) is 98.3 cm³/mol. The Morgan fingerprint density at radius 1 is 1.27 bits per heavy atom. The Balaban J connectivity index is 1.30. The van der Waals surface area contributed by atoms with Gasteiger partial charge in [0.2, 0.25) is 5.91 Å². The van der Waals surface area contributed by atoms with Gasteiger partial charge in [-0.25, -0.2) is 14.8 Å². The van der Waals surface area contributed by atoms with E-state index in [0.29, 0.717) is 25.1 Å². The molecule has 7 heteroatoms. The van der Waals surface area contributed by atoms with E-state index in [9.17, 15) is 9.59 Å². The minimum absolute atomic E-state index is 0.0220. The summed E-state index contributed by atoms with van der Waals surface area (Å²) in [5, 5.41) is 8.40. The van der Waals surface area contributed by atoms with Gasteiger partial charge in [-0.05, 0) is 55.5 Å². The molecule has 3 N–H and O–H groups in total. The molecule has 1 aliphatic heterocycles. The average Bonchev–Trinajstić information content (AvgIpc) is 3.20. The lowest BCUT2D eigenvalue weighted by Gasteiger charge is -2.10. The minimum Gasteiger partial charge on any atom is -0.337 e. The van der Waals surface area contributed by atoms with Crippen LogP contribution in [0.5, 0.6) is 0 Å². The second-order valence-corrected chi connectivity index (χ2v) is 6.73. The minimum atomic E-state index is -0.278. The first-order chi connectivity index (χ1) is 12.6. The summed E-state index contributed by atoms with van der Waals surface area (Å²) in [6, 6.07) is 5.12. The van der Waals surface area contributed by atoms with Crippen molar-refractivity contribution in [3.05, 3.63) is 46.5 Å². The number of hydrogen-bond donors (Lipinski definition) is 3. The molecule has 0 saturated carbocycles. The highest BCUT2D eigenvalue weighted by atomic mass is 16.2. The molecule has 26 heavy (non-hydrogen) atoms. The average molecular weight is 351 g/mol. The lowest BCUT2D eigenvalue weighted by Crippen LogP contribution is -2.30. The number of benzene rings is 1. The van der Waals surface area contributed by atoms with Crippen LogP contribution in [0, 0.1) is 6.92 Å². The first kappa shape index (κ1) is 16.5. The molecule has 0 radical (unpaired) electrons. The van der Waals surface area contributed by atoms with Crippen LogP contribution in [0.2, 0.25) is 0 Å². The molecule has 2 aliphatic rings. The van der Waals surface area contributed by atoms with Gasteiger partial charge in [-0.3, -0.25) is 4.79 Å². The molecule has 2 heterocycles. The number of hydrogen-bond acceptors (Lipinski definition) is 4. The van der Waals surface area contributed by atoms with Crippen LogP contribution < -0.4 is 16.0 Å². The molecule has 0 fully saturated rings. The van der Waals surface area contributed by atoms with Gasteiger partial charge in [-0.2, -0.15) is 0 Å². The number of fused-ring (bicyclic) bond motifs is 2. The van der Waals surface area contributed by atoms with Gasteiger partial charge in [0.1, 0.15) is 5.82 Å². The number of nitrogens with zero attached hydrogens (tertiary/aromatic N) is 2. The smallest absolute Gasteiger partial charge is 0.319 e. The SMILES string of the molecule is Cc1nc(CCNC(=O)Nc2ccc3c(c2)CC(=O)N3)nc2c1CCC2. The number of carbonyl (C=O) groups is 2. The number of aromatic nitrogens is 2. The van der Waals surface area contributed by atoms with Crippen LogP contribution in [0.15, 0.2) is 18.2 Å². The zero-order valence-corrected chi connectivity index (χ0v) is 14.7. The summed E-state index contributed by atoms with van der Waals surface area (Å²) in [6.45, 7) is 2.50. The Hall–Kier alpha value is -2.96. The van der Waals surface area contributed by atoms with Gasteiger partial charge < -0.3 is 16.0 Å². The molecule has 0 atom stereocenters. The normalized spacial score (nSPS) is 14.6. The first-order valence-electron chi connectivity index (χ1n) is 8.91. The fourth-order valence-corrected chi connectivity index (χ4v) is 3.56. The molecule has 2 aromatic rings. The van der Waals surface area contributed by atoms with Gasteiger partial charge in [0.25, 0.3) is 0 Å². The van der Waals surface area contributed by atoms with Crippen LogP contribution in [-0.2, 0) is 30.5 Å². The Labute approximate surface area is 151 Å². The third kappa shape index (κ3) is 3.37. The van der Waals surface area contributed by atoms with E-state index in [0.717, 1.165) is 42.0 Å². The van der Waals surface area contributed by atoms with Crippen LogP contribution in [-0.4, -0.2) is 28.5 Å². The fraction of sp³-hybridized carbons (Fsp3) is 0.368. The second kappa shape index (κ2) is 6.74. The summed E-state index contributed by atoms with van der Waals surface area (Å²) in [5.41, 5.74) is 5.90. The van der Waals surface area contributed by atoms with Crippen molar-refractivity contribution in [1.82, 2.24) is 15.3 Å².